The standard InChI is InChI=1S/C19H18F5N5O2/c20-9-18(6-15(19(22,23)24)31-17(26)29-18)12-5-11(2-3-13(12)21)28-16(30)14-4-1-10(7-25)8-27-14/h2-3,5,8,14-15,27H,1,4,6,9H2,(H2,26,29)(H,28,30)/t14?,15-,18+/m0/s1. The number of alkyl halides is 4. The number of rotatable bonds is 4. The van der Waals surface area contributed by atoms with Crippen LogP contribution in [0.4, 0.5) is 27.6 Å². The largest absolute Gasteiger partial charge is 0.452 e. The van der Waals surface area contributed by atoms with Gasteiger partial charge in [0.2, 0.25) is 5.91 Å². The van der Waals surface area contributed by atoms with E-state index in [2.05, 4.69) is 20.4 Å². The second kappa shape index (κ2) is 8.41. The highest BCUT2D eigenvalue weighted by Crippen LogP contribution is 2.42. The maximum Gasteiger partial charge on any atom is 0.425 e. The first-order valence-electron chi connectivity index (χ1n) is 9.19. The molecule has 2 aliphatic rings. The average Bonchev–Trinajstić information content (AvgIpc) is 2.74. The maximum atomic E-state index is 14.5. The first-order chi connectivity index (χ1) is 14.6. The van der Waals surface area contributed by atoms with Crippen LogP contribution in [0.5, 0.6) is 0 Å². The molecule has 0 aromatic heterocycles. The minimum atomic E-state index is -4.87. The summed E-state index contributed by atoms with van der Waals surface area (Å²) in [5.74, 6) is -1.52. The van der Waals surface area contributed by atoms with Gasteiger partial charge in [-0.25, -0.2) is 13.8 Å². The Morgan fingerprint density at radius 2 is 2.19 bits per heavy atom. The van der Waals surface area contributed by atoms with Gasteiger partial charge in [-0.05, 0) is 31.0 Å². The SMILES string of the molecule is N#CC1=CNC(C(=O)Nc2ccc(F)c([C@]3(CF)C[C@@H](C(F)(F)F)OC(N)=N3)c2)CC1. The number of carbonyl (C=O) groups excluding carboxylic acids is 1. The molecule has 2 heterocycles. The number of nitrogens with one attached hydrogen (secondary N) is 2. The van der Waals surface area contributed by atoms with Crippen LogP contribution >= 0.6 is 0 Å². The molecule has 7 nitrogen and oxygen atoms in total. The third-order valence-corrected chi connectivity index (χ3v) is 5.05. The number of hydrogen-bond donors (Lipinski definition) is 3. The zero-order chi connectivity index (χ0) is 22.8. The molecule has 0 fully saturated rings. The van der Waals surface area contributed by atoms with Crippen LogP contribution in [0.1, 0.15) is 24.8 Å². The normalized spacial score (nSPS) is 25.9. The molecular formula is C19H18F5N5O2. The number of allylic oxidation sites excluding steroid dienone is 1. The lowest BCUT2D eigenvalue weighted by molar-refractivity contribution is -0.209. The van der Waals surface area contributed by atoms with Gasteiger partial charge in [0.1, 0.15) is 24.1 Å². The molecule has 3 rings (SSSR count). The van der Waals surface area contributed by atoms with Crippen LogP contribution in [0.2, 0.25) is 0 Å². The quantitative estimate of drug-likeness (QED) is 0.620. The van der Waals surface area contributed by atoms with Gasteiger partial charge in [-0.15, -0.1) is 0 Å². The van der Waals surface area contributed by atoms with Gasteiger partial charge >= 0.3 is 6.18 Å². The second-order valence-electron chi connectivity index (χ2n) is 7.19. The molecule has 2 aliphatic heterocycles. The van der Waals surface area contributed by atoms with Crippen molar-refractivity contribution in [2.24, 2.45) is 10.7 Å². The van der Waals surface area contributed by atoms with E-state index in [4.69, 9.17) is 11.0 Å². The molecule has 12 heteroatoms. The zero-order valence-corrected chi connectivity index (χ0v) is 16.0. The predicted molar refractivity (Wildman–Crippen MR) is 99.7 cm³/mol. The van der Waals surface area contributed by atoms with Gasteiger partial charge in [0.15, 0.2) is 6.10 Å². The Balaban J connectivity index is 1.88. The van der Waals surface area contributed by atoms with Crippen molar-refractivity contribution in [1.29, 1.82) is 5.26 Å². The second-order valence-corrected chi connectivity index (χ2v) is 7.19. The summed E-state index contributed by atoms with van der Waals surface area (Å²) < 4.78 is 72.6. The van der Waals surface area contributed by atoms with E-state index in [-0.39, 0.29) is 5.69 Å². The molecule has 0 bridgehead atoms. The van der Waals surface area contributed by atoms with Gasteiger partial charge in [0, 0.05) is 29.4 Å². The molecule has 0 spiro atoms. The van der Waals surface area contributed by atoms with Gasteiger partial charge in [-0.2, -0.15) is 18.4 Å². The van der Waals surface area contributed by atoms with Gasteiger partial charge in [0.25, 0.3) is 6.02 Å². The van der Waals surface area contributed by atoms with Gasteiger partial charge in [-0.3, -0.25) is 4.79 Å². The fourth-order valence-electron chi connectivity index (χ4n) is 3.43. The number of anilines is 1. The fraction of sp³-hybridized carbons (Fsp3) is 0.421. The molecule has 1 aromatic rings. The minimum Gasteiger partial charge on any atom is -0.452 e. The number of ether oxygens (including phenoxy) is 1. The third-order valence-electron chi connectivity index (χ3n) is 5.05. The summed E-state index contributed by atoms with van der Waals surface area (Å²) in [4.78, 5) is 16.1. The monoisotopic (exact) mass is 443 g/mol. The number of aliphatic imine (C=N–C) groups is 1. The van der Waals surface area contributed by atoms with Crippen molar-refractivity contribution < 1.29 is 31.5 Å². The highest BCUT2D eigenvalue weighted by molar-refractivity contribution is 5.95. The lowest BCUT2D eigenvalue weighted by Crippen LogP contribution is -2.48. The van der Waals surface area contributed by atoms with E-state index in [1.54, 1.807) is 0 Å². The number of halogens is 5. The summed E-state index contributed by atoms with van der Waals surface area (Å²) in [7, 11) is 0. The van der Waals surface area contributed by atoms with E-state index in [0.29, 0.717) is 18.4 Å². The van der Waals surface area contributed by atoms with Crippen LogP contribution in [0.3, 0.4) is 0 Å². The number of carbonyl (C=O) groups is 1. The summed E-state index contributed by atoms with van der Waals surface area (Å²) in [5, 5.41) is 14.1. The van der Waals surface area contributed by atoms with Crippen LogP contribution < -0.4 is 16.4 Å². The number of amidine groups is 1. The van der Waals surface area contributed by atoms with Gasteiger partial charge in [0.05, 0.1) is 6.07 Å². The van der Waals surface area contributed by atoms with Crippen molar-refractivity contribution in [2.75, 3.05) is 12.0 Å². The number of nitrogens with zero attached hydrogens (tertiary/aromatic N) is 2. The summed E-state index contributed by atoms with van der Waals surface area (Å²) in [6.07, 6.45) is -6.23. The summed E-state index contributed by atoms with van der Waals surface area (Å²) in [6, 6.07) is 3.50. The Morgan fingerprint density at radius 1 is 1.45 bits per heavy atom. The van der Waals surface area contributed by atoms with Crippen LogP contribution in [0.15, 0.2) is 35.0 Å². The number of benzene rings is 1. The van der Waals surface area contributed by atoms with E-state index in [1.165, 1.54) is 12.3 Å². The summed E-state index contributed by atoms with van der Waals surface area (Å²) in [5.41, 5.74) is 3.10. The number of nitriles is 1. The molecule has 166 valence electrons. The molecule has 31 heavy (non-hydrogen) atoms. The van der Waals surface area contributed by atoms with Crippen molar-refractivity contribution in [2.45, 2.75) is 43.1 Å². The Kier molecular flexibility index (Phi) is 6.06. The number of nitrogens with two attached hydrogens (primary N) is 1. The molecule has 1 amide bonds. The van der Waals surface area contributed by atoms with Gasteiger partial charge < -0.3 is 21.1 Å². The van der Waals surface area contributed by atoms with Crippen LogP contribution in [0, 0.1) is 17.1 Å². The third kappa shape index (κ3) is 4.70. The zero-order valence-electron chi connectivity index (χ0n) is 16.0. The molecular weight excluding hydrogens is 425 g/mol. The van der Waals surface area contributed by atoms with Crippen molar-refractivity contribution in [1.82, 2.24) is 5.32 Å². The first kappa shape index (κ1) is 22.3. The van der Waals surface area contributed by atoms with Crippen molar-refractivity contribution in [3.63, 3.8) is 0 Å². The Labute approximate surface area is 173 Å². The molecule has 0 aliphatic carbocycles. The summed E-state index contributed by atoms with van der Waals surface area (Å²) in [6.45, 7) is -1.47. The highest BCUT2D eigenvalue weighted by atomic mass is 19.4. The molecule has 0 saturated heterocycles. The number of hydrogen-bond acceptors (Lipinski definition) is 6. The van der Waals surface area contributed by atoms with Gasteiger partial charge in [-0.1, -0.05) is 0 Å². The van der Waals surface area contributed by atoms with E-state index in [9.17, 15) is 26.7 Å². The average molecular weight is 443 g/mol. The predicted octanol–water partition coefficient (Wildman–Crippen LogP) is 2.75. The van der Waals surface area contributed by atoms with E-state index in [1.807, 2.05) is 6.07 Å². The minimum absolute atomic E-state index is 0.0370. The molecule has 3 atom stereocenters. The molecule has 4 N–H and O–H groups in total. The van der Waals surface area contributed by atoms with E-state index < -0.39 is 60.3 Å². The molecule has 1 unspecified atom stereocenters. The smallest absolute Gasteiger partial charge is 0.425 e. The van der Waals surface area contributed by atoms with Crippen LogP contribution in [0.25, 0.3) is 0 Å². The van der Waals surface area contributed by atoms with Crippen LogP contribution in [-0.4, -0.2) is 36.9 Å². The Bertz CT molecular complexity index is 971. The Morgan fingerprint density at radius 3 is 2.77 bits per heavy atom. The molecule has 0 saturated carbocycles. The number of amides is 1. The maximum absolute atomic E-state index is 14.5. The highest BCUT2D eigenvalue weighted by Gasteiger charge is 2.52. The van der Waals surface area contributed by atoms with Crippen molar-refractivity contribution >= 4 is 17.6 Å². The first-order valence-corrected chi connectivity index (χ1v) is 9.19. The van der Waals surface area contributed by atoms with Crippen LogP contribution in [-0.2, 0) is 15.1 Å². The molecule has 0 radical (unpaired) electrons. The lowest BCUT2D eigenvalue weighted by atomic mass is 9.84. The molecule has 1 aromatic carbocycles. The summed E-state index contributed by atoms with van der Waals surface area (Å²) >= 11 is 0. The topological polar surface area (TPSA) is 113 Å². The lowest BCUT2D eigenvalue weighted by Gasteiger charge is -2.36. The van der Waals surface area contributed by atoms with Crippen molar-refractivity contribution in [3.05, 3.63) is 41.4 Å². The van der Waals surface area contributed by atoms with Crippen molar-refractivity contribution in [3.8, 4) is 6.07 Å². The fourth-order valence-corrected chi connectivity index (χ4v) is 3.43. The van der Waals surface area contributed by atoms with E-state index in [0.717, 1.165) is 12.1 Å². The Hall–Kier alpha value is -3.36. The van der Waals surface area contributed by atoms with E-state index >= 15 is 0 Å².